The van der Waals surface area contributed by atoms with Crippen molar-refractivity contribution in [3.05, 3.63) is 107 Å². The molecule has 4 aromatic carbocycles. The lowest BCUT2D eigenvalue weighted by Gasteiger charge is -2.11. The molecule has 0 atom stereocenters. The van der Waals surface area contributed by atoms with E-state index in [2.05, 4.69) is 10.5 Å². The Labute approximate surface area is 197 Å². The van der Waals surface area contributed by atoms with E-state index in [1.54, 1.807) is 24.3 Å². The molecule has 6 nitrogen and oxygen atoms in total. The quantitative estimate of drug-likeness (QED) is 0.181. The third-order valence-corrected chi connectivity index (χ3v) is 5.26. The number of nitrogens with zero attached hydrogens (tertiary/aromatic N) is 1. The molecule has 1 N–H and O–H groups in total. The van der Waals surface area contributed by atoms with Crippen LogP contribution in [-0.4, -0.2) is 24.7 Å². The zero-order chi connectivity index (χ0) is 23.9. The summed E-state index contributed by atoms with van der Waals surface area (Å²) >= 11 is 0. The Morgan fingerprint density at radius 2 is 1.59 bits per heavy atom. The van der Waals surface area contributed by atoms with E-state index < -0.39 is 11.9 Å². The molecule has 0 spiro atoms. The summed E-state index contributed by atoms with van der Waals surface area (Å²) in [6.45, 7) is 3.69. The summed E-state index contributed by atoms with van der Waals surface area (Å²) in [6, 6.07) is 25.9. The van der Waals surface area contributed by atoms with Crippen LogP contribution in [0, 0.1) is 13.8 Å². The molecule has 0 aliphatic carbocycles. The standard InChI is InChI=1S/C28H24N2O4/c1-19-11-13-22(14-12-19)28(32)34-26-16-15-21-8-4-5-9-23(21)24(26)17-29-30-27(31)18-33-25-10-6-3-7-20(25)2/h3-17H,18H2,1-2H3,(H,30,31)/b29-17+. The monoisotopic (exact) mass is 452 g/mol. The summed E-state index contributed by atoms with van der Waals surface area (Å²) in [5.74, 6) is 0.109. The number of carbonyl (C=O) groups is 2. The smallest absolute Gasteiger partial charge is 0.343 e. The fraction of sp³-hybridized carbons (Fsp3) is 0.107. The molecule has 0 aromatic heterocycles. The number of carbonyl (C=O) groups excluding carboxylic acids is 2. The Morgan fingerprint density at radius 3 is 2.38 bits per heavy atom. The second-order valence-electron chi connectivity index (χ2n) is 7.80. The maximum absolute atomic E-state index is 12.7. The highest BCUT2D eigenvalue weighted by Crippen LogP contribution is 2.27. The van der Waals surface area contributed by atoms with Crippen molar-refractivity contribution in [1.82, 2.24) is 5.43 Å². The molecule has 0 fully saturated rings. The number of ether oxygens (including phenoxy) is 2. The molecular weight excluding hydrogens is 428 g/mol. The van der Waals surface area contributed by atoms with Gasteiger partial charge in [0.25, 0.3) is 5.91 Å². The van der Waals surface area contributed by atoms with E-state index in [0.717, 1.165) is 21.9 Å². The molecule has 0 aliphatic rings. The number of rotatable bonds is 7. The minimum atomic E-state index is -0.472. The van der Waals surface area contributed by atoms with Gasteiger partial charge in [-0.25, -0.2) is 10.2 Å². The largest absolute Gasteiger partial charge is 0.483 e. The molecule has 170 valence electrons. The van der Waals surface area contributed by atoms with Crippen molar-refractivity contribution in [1.29, 1.82) is 0 Å². The van der Waals surface area contributed by atoms with Crippen molar-refractivity contribution in [3.63, 3.8) is 0 Å². The summed E-state index contributed by atoms with van der Waals surface area (Å²) in [5, 5.41) is 5.87. The molecule has 34 heavy (non-hydrogen) atoms. The zero-order valence-corrected chi connectivity index (χ0v) is 18.9. The van der Waals surface area contributed by atoms with Crippen LogP contribution in [0.15, 0.2) is 90.0 Å². The van der Waals surface area contributed by atoms with Gasteiger partial charge < -0.3 is 9.47 Å². The van der Waals surface area contributed by atoms with E-state index in [4.69, 9.17) is 9.47 Å². The fourth-order valence-corrected chi connectivity index (χ4v) is 3.41. The average Bonchev–Trinajstić information content (AvgIpc) is 2.85. The first kappa shape index (κ1) is 22.7. The van der Waals surface area contributed by atoms with Crippen LogP contribution in [0.4, 0.5) is 0 Å². The third-order valence-electron chi connectivity index (χ3n) is 5.26. The van der Waals surface area contributed by atoms with Crippen LogP contribution in [0.1, 0.15) is 27.0 Å². The second-order valence-corrected chi connectivity index (χ2v) is 7.80. The van der Waals surface area contributed by atoms with Gasteiger partial charge in [0.2, 0.25) is 0 Å². The van der Waals surface area contributed by atoms with Crippen molar-refractivity contribution in [2.75, 3.05) is 6.61 Å². The topological polar surface area (TPSA) is 77.0 Å². The number of aryl methyl sites for hydroxylation is 2. The van der Waals surface area contributed by atoms with Gasteiger partial charge in [0.05, 0.1) is 11.8 Å². The van der Waals surface area contributed by atoms with Crippen molar-refractivity contribution < 1.29 is 19.1 Å². The number of hydrogen-bond donors (Lipinski definition) is 1. The predicted octanol–water partition coefficient (Wildman–Crippen LogP) is 5.20. The van der Waals surface area contributed by atoms with Crippen molar-refractivity contribution in [2.24, 2.45) is 5.10 Å². The van der Waals surface area contributed by atoms with Crippen molar-refractivity contribution in [2.45, 2.75) is 13.8 Å². The Bertz CT molecular complexity index is 1360. The molecule has 0 radical (unpaired) electrons. The Hall–Kier alpha value is -4.45. The molecule has 0 saturated heterocycles. The van der Waals surface area contributed by atoms with Crippen LogP contribution in [0.3, 0.4) is 0 Å². The normalized spacial score (nSPS) is 10.9. The van der Waals surface area contributed by atoms with Crippen LogP contribution in [-0.2, 0) is 4.79 Å². The Balaban J connectivity index is 1.51. The van der Waals surface area contributed by atoms with Crippen LogP contribution in [0.2, 0.25) is 0 Å². The molecule has 4 rings (SSSR count). The molecule has 0 heterocycles. The Kier molecular flexibility index (Phi) is 6.98. The molecule has 6 heteroatoms. The van der Waals surface area contributed by atoms with E-state index >= 15 is 0 Å². The molecule has 1 amide bonds. The molecule has 0 aliphatic heterocycles. The highest BCUT2D eigenvalue weighted by Gasteiger charge is 2.13. The molecule has 0 unspecified atom stereocenters. The number of para-hydroxylation sites is 1. The lowest BCUT2D eigenvalue weighted by Crippen LogP contribution is -2.24. The lowest BCUT2D eigenvalue weighted by atomic mass is 10.0. The van der Waals surface area contributed by atoms with Crippen LogP contribution < -0.4 is 14.9 Å². The van der Waals surface area contributed by atoms with Gasteiger partial charge in [-0.1, -0.05) is 66.2 Å². The molecule has 0 bridgehead atoms. The molecule has 0 saturated carbocycles. The minimum absolute atomic E-state index is 0.174. The first-order chi connectivity index (χ1) is 16.5. The number of esters is 1. The van der Waals surface area contributed by atoms with Crippen molar-refractivity contribution >= 4 is 28.9 Å². The highest BCUT2D eigenvalue weighted by atomic mass is 16.5. The maximum Gasteiger partial charge on any atom is 0.343 e. The lowest BCUT2D eigenvalue weighted by molar-refractivity contribution is -0.123. The first-order valence-electron chi connectivity index (χ1n) is 10.8. The van der Waals surface area contributed by atoms with Gasteiger partial charge in [-0.15, -0.1) is 0 Å². The first-order valence-corrected chi connectivity index (χ1v) is 10.8. The summed E-state index contributed by atoms with van der Waals surface area (Å²) in [4.78, 5) is 24.9. The SMILES string of the molecule is Cc1ccc(C(=O)Oc2ccc3ccccc3c2/C=N/NC(=O)COc2ccccc2C)cc1. The van der Waals surface area contributed by atoms with Crippen LogP contribution >= 0.6 is 0 Å². The van der Waals surface area contributed by atoms with Gasteiger partial charge in [0.15, 0.2) is 6.61 Å². The van der Waals surface area contributed by atoms with Gasteiger partial charge in [-0.2, -0.15) is 5.10 Å². The van der Waals surface area contributed by atoms with E-state index in [0.29, 0.717) is 22.6 Å². The third kappa shape index (κ3) is 5.48. The van der Waals surface area contributed by atoms with Gasteiger partial charge in [0, 0.05) is 5.56 Å². The molecule has 4 aromatic rings. The summed E-state index contributed by atoms with van der Waals surface area (Å²) < 4.78 is 11.2. The summed E-state index contributed by atoms with van der Waals surface area (Å²) in [6.07, 6.45) is 1.48. The van der Waals surface area contributed by atoms with Crippen LogP contribution in [0.25, 0.3) is 10.8 Å². The number of fused-ring (bicyclic) bond motifs is 1. The van der Waals surface area contributed by atoms with Gasteiger partial charge in [0.1, 0.15) is 11.5 Å². The van der Waals surface area contributed by atoms with E-state index in [1.807, 2.05) is 74.5 Å². The number of amides is 1. The number of hydrogen-bond acceptors (Lipinski definition) is 5. The summed E-state index contributed by atoms with van der Waals surface area (Å²) in [5.41, 5.74) is 5.49. The fourth-order valence-electron chi connectivity index (χ4n) is 3.41. The zero-order valence-electron chi connectivity index (χ0n) is 18.9. The maximum atomic E-state index is 12.7. The number of benzene rings is 4. The van der Waals surface area contributed by atoms with Gasteiger partial charge in [-0.05, 0) is 54.4 Å². The number of nitrogens with one attached hydrogen (secondary N) is 1. The van der Waals surface area contributed by atoms with Gasteiger partial charge >= 0.3 is 5.97 Å². The Morgan fingerprint density at radius 1 is 0.853 bits per heavy atom. The number of hydrazone groups is 1. The highest BCUT2D eigenvalue weighted by molar-refractivity contribution is 6.04. The van der Waals surface area contributed by atoms with E-state index in [-0.39, 0.29) is 6.61 Å². The van der Waals surface area contributed by atoms with E-state index in [1.165, 1.54) is 6.21 Å². The second kappa shape index (κ2) is 10.4. The van der Waals surface area contributed by atoms with Crippen molar-refractivity contribution in [3.8, 4) is 11.5 Å². The average molecular weight is 453 g/mol. The van der Waals surface area contributed by atoms with Gasteiger partial charge in [-0.3, -0.25) is 4.79 Å². The van der Waals surface area contributed by atoms with E-state index in [9.17, 15) is 9.59 Å². The summed E-state index contributed by atoms with van der Waals surface area (Å²) in [7, 11) is 0. The molecular formula is C28H24N2O4. The van der Waals surface area contributed by atoms with Crippen LogP contribution in [0.5, 0.6) is 11.5 Å². The minimum Gasteiger partial charge on any atom is -0.483 e. The predicted molar refractivity (Wildman–Crippen MR) is 132 cm³/mol.